The summed E-state index contributed by atoms with van der Waals surface area (Å²) in [5, 5.41) is 2.77. The molecule has 0 unspecified atom stereocenters. The van der Waals surface area contributed by atoms with Gasteiger partial charge < -0.3 is 19.4 Å². The number of nitrogens with zero attached hydrogens (tertiary/aromatic N) is 1. The van der Waals surface area contributed by atoms with Gasteiger partial charge in [0.25, 0.3) is 11.8 Å². The van der Waals surface area contributed by atoms with Gasteiger partial charge in [-0.1, -0.05) is 18.2 Å². The van der Waals surface area contributed by atoms with Crippen molar-refractivity contribution in [1.82, 2.24) is 4.90 Å². The summed E-state index contributed by atoms with van der Waals surface area (Å²) in [7, 11) is 0. The van der Waals surface area contributed by atoms with Crippen LogP contribution in [0.1, 0.15) is 44.9 Å². The monoisotopic (exact) mass is 496 g/mol. The van der Waals surface area contributed by atoms with Crippen LogP contribution in [-0.2, 0) is 0 Å². The minimum atomic E-state index is -0.371. The second-order valence-electron chi connectivity index (χ2n) is 8.02. The summed E-state index contributed by atoms with van der Waals surface area (Å²) in [4.78, 5) is 27.2. The molecule has 1 aliphatic heterocycles. The average Bonchev–Trinajstić information content (AvgIpc) is 3.23. The summed E-state index contributed by atoms with van der Waals surface area (Å²) in [6, 6.07) is 16.4. The lowest BCUT2D eigenvalue weighted by Crippen LogP contribution is -2.41. The molecule has 2 amide bonds. The highest BCUT2D eigenvalue weighted by Gasteiger charge is 2.25. The number of aryl methyl sites for hydroxylation is 2. The van der Waals surface area contributed by atoms with E-state index >= 15 is 0 Å². The molecular weight excluding hydrogens is 472 g/mol. The van der Waals surface area contributed by atoms with Crippen LogP contribution in [0.5, 0.6) is 5.75 Å². The van der Waals surface area contributed by atoms with Gasteiger partial charge in [-0.15, -0.1) is 0 Å². The first-order valence-corrected chi connectivity index (χ1v) is 11.4. The van der Waals surface area contributed by atoms with Gasteiger partial charge in [0.15, 0.2) is 10.4 Å². The Balaban J connectivity index is 1.35. The summed E-state index contributed by atoms with van der Waals surface area (Å²) in [6.45, 7) is 5.36. The fraction of sp³-hybridized carbons (Fsp3) is 0.280. The largest absolute Gasteiger partial charge is 0.490 e. The Bertz CT molecular complexity index is 1130. The molecule has 7 heteroatoms. The van der Waals surface area contributed by atoms with E-state index in [4.69, 9.17) is 9.15 Å². The van der Waals surface area contributed by atoms with Crippen LogP contribution in [0.25, 0.3) is 0 Å². The van der Waals surface area contributed by atoms with Crippen LogP contribution < -0.4 is 10.1 Å². The van der Waals surface area contributed by atoms with E-state index in [1.54, 1.807) is 36.4 Å². The summed E-state index contributed by atoms with van der Waals surface area (Å²) >= 11 is 3.18. The molecule has 3 aromatic rings. The van der Waals surface area contributed by atoms with Gasteiger partial charge in [-0.2, -0.15) is 0 Å². The molecule has 4 rings (SSSR count). The molecule has 6 nitrogen and oxygen atoms in total. The van der Waals surface area contributed by atoms with Crippen LogP contribution in [-0.4, -0.2) is 35.9 Å². The summed E-state index contributed by atoms with van der Waals surface area (Å²) in [6.07, 6.45) is 1.66. The van der Waals surface area contributed by atoms with Crippen molar-refractivity contribution in [2.45, 2.75) is 32.8 Å². The highest BCUT2D eigenvalue weighted by atomic mass is 79.9. The molecule has 0 aliphatic carbocycles. The van der Waals surface area contributed by atoms with Crippen molar-refractivity contribution in [1.29, 1.82) is 0 Å². The van der Waals surface area contributed by atoms with E-state index < -0.39 is 0 Å². The molecular formula is C25H25BrN2O4. The van der Waals surface area contributed by atoms with E-state index in [0.717, 1.165) is 24.2 Å². The third-order valence-electron chi connectivity index (χ3n) is 5.53. The molecule has 0 bridgehead atoms. The lowest BCUT2D eigenvalue weighted by molar-refractivity contribution is 0.0594. The number of hydrogen-bond donors (Lipinski definition) is 1. The lowest BCUT2D eigenvalue weighted by atomic mass is 10.1. The Kier molecular flexibility index (Phi) is 6.65. The first-order valence-electron chi connectivity index (χ1n) is 10.6. The Morgan fingerprint density at radius 3 is 2.56 bits per heavy atom. The van der Waals surface area contributed by atoms with E-state index in [0.29, 0.717) is 29.0 Å². The number of amides is 2. The molecule has 0 atom stereocenters. The number of carbonyl (C=O) groups is 2. The number of hydrogen-bond acceptors (Lipinski definition) is 4. The Hall–Kier alpha value is -3.06. The quantitative estimate of drug-likeness (QED) is 0.499. The number of rotatable bonds is 5. The molecule has 1 saturated heterocycles. The number of piperidine rings is 1. The van der Waals surface area contributed by atoms with Gasteiger partial charge in [0.1, 0.15) is 11.9 Å². The fourth-order valence-electron chi connectivity index (χ4n) is 3.73. The van der Waals surface area contributed by atoms with Gasteiger partial charge in [-0.05, 0) is 77.3 Å². The minimum Gasteiger partial charge on any atom is -0.490 e. The van der Waals surface area contributed by atoms with Crippen molar-refractivity contribution in [2.75, 3.05) is 18.4 Å². The minimum absolute atomic E-state index is 0.0490. The molecule has 0 saturated carbocycles. The SMILES string of the molecule is Cc1ccc(C)c(OC2CCN(C(=O)c3cccc(NC(=O)c4ccc(Br)o4)c3)CC2)c1. The van der Waals surface area contributed by atoms with Gasteiger partial charge >= 0.3 is 0 Å². The lowest BCUT2D eigenvalue weighted by Gasteiger charge is -2.32. The number of nitrogens with one attached hydrogen (secondary N) is 1. The van der Waals surface area contributed by atoms with Crippen LogP contribution >= 0.6 is 15.9 Å². The van der Waals surface area contributed by atoms with Crippen molar-refractivity contribution >= 4 is 33.4 Å². The maximum Gasteiger partial charge on any atom is 0.291 e. The highest BCUT2D eigenvalue weighted by molar-refractivity contribution is 9.10. The van der Waals surface area contributed by atoms with E-state index in [9.17, 15) is 9.59 Å². The molecule has 2 aromatic carbocycles. The fourth-order valence-corrected chi connectivity index (χ4v) is 4.04. The predicted octanol–water partition coefficient (Wildman–Crippen LogP) is 5.59. The molecule has 32 heavy (non-hydrogen) atoms. The molecule has 0 radical (unpaired) electrons. The Labute approximate surface area is 195 Å². The zero-order valence-corrected chi connectivity index (χ0v) is 19.6. The summed E-state index contributed by atoms with van der Waals surface area (Å²) in [5.41, 5.74) is 3.37. The first kappa shape index (κ1) is 22.1. The van der Waals surface area contributed by atoms with E-state index in [1.807, 2.05) is 11.8 Å². The van der Waals surface area contributed by atoms with E-state index in [2.05, 4.69) is 46.4 Å². The van der Waals surface area contributed by atoms with Gasteiger partial charge in [-0.3, -0.25) is 9.59 Å². The van der Waals surface area contributed by atoms with Gasteiger partial charge in [0.2, 0.25) is 0 Å². The van der Waals surface area contributed by atoms with Crippen LogP contribution in [0.3, 0.4) is 0 Å². The van der Waals surface area contributed by atoms with Gasteiger partial charge in [-0.25, -0.2) is 0 Å². The van der Waals surface area contributed by atoms with Gasteiger partial charge in [0, 0.05) is 37.2 Å². The number of furan rings is 1. The third-order valence-corrected chi connectivity index (χ3v) is 5.96. The molecule has 2 heterocycles. The van der Waals surface area contributed by atoms with E-state index in [-0.39, 0.29) is 23.7 Å². The number of anilines is 1. The first-order chi connectivity index (χ1) is 15.4. The van der Waals surface area contributed by atoms with Crippen LogP contribution in [0.2, 0.25) is 0 Å². The molecule has 166 valence electrons. The third kappa shape index (κ3) is 5.22. The molecule has 1 N–H and O–H groups in total. The molecule has 1 aliphatic rings. The average molecular weight is 497 g/mol. The van der Waals surface area contributed by atoms with Crippen molar-refractivity contribution < 1.29 is 18.7 Å². The van der Waals surface area contributed by atoms with Crippen LogP contribution in [0.15, 0.2) is 63.7 Å². The predicted molar refractivity (Wildman–Crippen MR) is 126 cm³/mol. The summed E-state index contributed by atoms with van der Waals surface area (Å²) < 4.78 is 12.0. The Morgan fingerprint density at radius 2 is 1.84 bits per heavy atom. The maximum absolute atomic E-state index is 13.0. The number of halogens is 1. The van der Waals surface area contributed by atoms with Gasteiger partial charge in [0.05, 0.1) is 0 Å². The second kappa shape index (κ2) is 9.61. The number of carbonyl (C=O) groups excluding carboxylic acids is 2. The van der Waals surface area contributed by atoms with Crippen LogP contribution in [0, 0.1) is 13.8 Å². The zero-order valence-electron chi connectivity index (χ0n) is 18.1. The zero-order chi connectivity index (χ0) is 22.7. The van der Waals surface area contributed by atoms with Crippen molar-refractivity contribution in [3.63, 3.8) is 0 Å². The molecule has 1 fully saturated rings. The van der Waals surface area contributed by atoms with Crippen molar-refractivity contribution in [2.24, 2.45) is 0 Å². The van der Waals surface area contributed by atoms with Crippen molar-refractivity contribution in [3.05, 3.63) is 81.7 Å². The molecule has 0 spiro atoms. The maximum atomic E-state index is 13.0. The standard InChI is InChI=1S/C25H25BrN2O4/c1-16-6-7-17(2)22(14-16)31-20-10-12-28(13-11-20)25(30)18-4-3-5-19(15-18)27-24(29)21-8-9-23(26)32-21/h3-9,14-15,20H,10-13H2,1-2H3,(H,27,29). The second-order valence-corrected chi connectivity index (χ2v) is 8.80. The van der Waals surface area contributed by atoms with E-state index in [1.165, 1.54) is 5.56 Å². The summed E-state index contributed by atoms with van der Waals surface area (Å²) in [5.74, 6) is 0.693. The normalized spacial score (nSPS) is 14.3. The number of ether oxygens (including phenoxy) is 1. The highest BCUT2D eigenvalue weighted by Crippen LogP contribution is 2.25. The topological polar surface area (TPSA) is 71.8 Å². The molecule has 1 aromatic heterocycles. The van der Waals surface area contributed by atoms with Crippen molar-refractivity contribution in [3.8, 4) is 5.75 Å². The van der Waals surface area contributed by atoms with Crippen LogP contribution in [0.4, 0.5) is 5.69 Å². The smallest absolute Gasteiger partial charge is 0.291 e. The number of benzene rings is 2. The number of likely N-dealkylation sites (tertiary alicyclic amines) is 1. The Morgan fingerprint density at radius 1 is 1.06 bits per heavy atom.